The van der Waals surface area contributed by atoms with Crippen LogP contribution in [0.5, 0.6) is 0 Å². The second-order valence-corrected chi connectivity index (χ2v) is 5.47. The molecule has 0 aliphatic carbocycles. The average molecular weight is 210 g/mol. The largest absolute Gasteiger partial charge is 0.358 e. The van der Waals surface area contributed by atoms with Gasteiger partial charge in [0.25, 0.3) is 0 Å². The molecule has 0 aromatic rings. The first-order valence-electron chi connectivity index (χ1n) is 6.02. The Labute approximate surface area is 94.9 Å². The molecule has 2 nitrogen and oxygen atoms in total. The van der Waals surface area contributed by atoms with Gasteiger partial charge in [-0.05, 0) is 48.1 Å². The molecule has 0 amide bonds. The maximum atomic E-state index is 2.54. The number of allylic oxidation sites excluding steroid dienone is 1. The van der Waals surface area contributed by atoms with Gasteiger partial charge in [0.15, 0.2) is 0 Å². The zero-order valence-electron chi connectivity index (χ0n) is 11.4. The summed E-state index contributed by atoms with van der Waals surface area (Å²) in [5.74, 6) is 0. The Balaban J connectivity index is 3.12. The third kappa shape index (κ3) is 2.05. The van der Waals surface area contributed by atoms with Crippen LogP contribution >= 0.6 is 0 Å². The van der Waals surface area contributed by atoms with Gasteiger partial charge in [-0.25, -0.2) is 0 Å². The van der Waals surface area contributed by atoms with Crippen molar-refractivity contribution in [3.8, 4) is 0 Å². The topological polar surface area (TPSA) is 6.48 Å². The van der Waals surface area contributed by atoms with Gasteiger partial charge in [0, 0.05) is 11.7 Å². The molecule has 1 aliphatic heterocycles. The van der Waals surface area contributed by atoms with Crippen LogP contribution < -0.4 is 0 Å². The van der Waals surface area contributed by atoms with Crippen molar-refractivity contribution in [3.63, 3.8) is 0 Å². The molecule has 0 radical (unpaired) electrons. The molecule has 2 heteroatoms. The summed E-state index contributed by atoms with van der Waals surface area (Å²) >= 11 is 0. The molecule has 0 spiro atoms. The van der Waals surface area contributed by atoms with Gasteiger partial charge in [0.1, 0.15) is 0 Å². The van der Waals surface area contributed by atoms with Crippen molar-refractivity contribution < 1.29 is 0 Å². The Bertz CT molecular complexity index is 260. The highest BCUT2D eigenvalue weighted by molar-refractivity contribution is 5.26. The Morgan fingerprint density at radius 2 is 1.87 bits per heavy atom. The summed E-state index contributed by atoms with van der Waals surface area (Å²) in [6.45, 7) is 18.1. The summed E-state index contributed by atoms with van der Waals surface area (Å²) in [4.78, 5) is 5.06. The minimum absolute atomic E-state index is 0.192. The molecule has 1 rings (SSSR count). The van der Waals surface area contributed by atoms with E-state index in [9.17, 15) is 0 Å². The monoisotopic (exact) mass is 210 g/mol. The summed E-state index contributed by atoms with van der Waals surface area (Å²) < 4.78 is 0. The molecule has 0 saturated carbocycles. The van der Waals surface area contributed by atoms with Crippen LogP contribution in [0.1, 0.15) is 48.5 Å². The maximum Gasteiger partial charge on any atom is 0.0715 e. The van der Waals surface area contributed by atoms with Crippen molar-refractivity contribution >= 4 is 0 Å². The van der Waals surface area contributed by atoms with Crippen LogP contribution in [-0.2, 0) is 0 Å². The molecule has 1 saturated heterocycles. The fourth-order valence-corrected chi connectivity index (χ4v) is 2.75. The van der Waals surface area contributed by atoms with Gasteiger partial charge < -0.3 is 4.90 Å². The van der Waals surface area contributed by atoms with Crippen molar-refractivity contribution in [1.29, 1.82) is 0 Å². The van der Waals surface area contributed by atoms with Crippen LogP contribution in [-0.4, -0.2) is 34.6 Å². The summed E-state index contributed by atoms with van der Waals surface area (Å²) in [6, 6.07) is 0.589. The Hall–Kier alpha value is -0.500. The van der Waals surface area contributed by atoms with Gasteiger partial charge in [0.2, 0.25) is 0 Å². The van der Waals surface area contributed by atoms with Gasteiger partial charge >= 0.3 is 0 Å². The Morgan fingerprint density at radius 3 is 2.13 bits per heavy atom. The van der Waals surface area contributed by atoms with Gasteiger partial charge in [-0.2, -0.15) is 0 Å². The number of nitrogens with zero attached hydrogens (tertiary/aromatic N) is 2. The van der Waals surface area contributed by atoms with Crippen molar-refractivity contribution in [3.05, 3.63) is 11.3 Å². The van der Waals surface area contributed by atoms with Gasteiger partial charge in [-0.15, -0.1) is 0 Å². The fraction of sp³-hybridized carbons (Fsp3) is 0.846. The number of hydrogen-bond acceptors (Lipinski definition) is 2. The number of likely N-dealkylation sites (N-methyl/N-ethyl adjacent to an activating group) is 1. The molecule has 15 heavy (non-hydrogen) atoms. The van der Waals surface area contributed by atoms with E-state index in [1.165, 1.54) is 11.3 Å². The minimum Gasteiger partial charge on any atom is -0.358 e. The molecule has 1 fully saturated rings. The lowest BCUT2D eigenvalue weighted by molar-refractivity contribution is 0.177. The first kappa shape index (κ1) is 12.6. The van der Waals surface area contributed by atoms with E-state index in [0.29, 0.717) is 6.04 Å². The van der Waals surface area contributed by atoms with Crippen molar-refractivity contribution in [2.75, 3.05) is 13.2 Å². The molecular formula is C13H26N2. The zero-order valence-corrected chi connectivity index (χ0v) is 11.4. The number of hydrogen-bond donors (Lipinski definition) is 0. The van der Waals surface area contributed by atoms with Crippen LogP contribution in [0.15, 0.2) is 11.3 Å². The van der Waals surface area contributed by atoms with Crippen LogP contribution in [0, 0.1) is 0 Å². The Kier molecular flexibility index (Phi) is 3.49. The third-order valence-corrected chi connectivity index (χ3v) is 3.46. The normalized spacial score (nSPS) is 21.6. The summed E-state index contributed by atoms with van der Waals surface area (Å²) in [5, 5.41) is 0. The van der Waals surface area contributed by atoms with Gasteiger partial charge in [-0.1, -0.05) is 12.5 Å². The second kappa shape index (κ2) is 4.17. The molecule has 0 N–H and O–H groups in total. The molecule has 0 aromatic carbocycles. The third-order valence-electron chi connectivity index (χ3n) is 3.46. The van der Waals surface area contributed by atoms with Gasteiger partial charge in [-0.3, -0.25) is 4.90 Å². The Morgan fingerprint density at radius 1 is 1.33 bits per heavy atom. The summed E-state index contributed by atoms with van der Waals surface area (Å²) in [6.07, 6.45) is 0. The lowest BCUT2D eigenvalue weighted by atomic mass is 9.96. The highest BCUT2D eigenvalue weighted by Gasteiger charge is 2.41. The van der Waals surface area contributed by atoms with E-state index in [1.807, 2.05) is 0 Å². The SMILES string of the molecule is CCN1CN(C(C)C)C(=C(C)C)C1(C)C. The fourth-order valence-electron chi connectivity index (χ4n) is 2.75. The lowest BCUT2D eigenvalue weighted by Crippen LogP contribution is -2.39. The van der Waals surface area contributed by atoms with Crippen LogP contribution in [0.2, 0.25) is 0 Å². The second-order valence-electron chi connectivity index (χ2n) is 5.47. The van der Waals surface area contributed by atoms with E-state index in [2.05, 4.69) is 58.3 Å². The van der Waals surface area contributed by atoms with Crippen molar-refractivity contribution in [1.82, 2.24) is 9.80 Å². The highest BCUT2D eigenvalue weighted by Crippen LogP contribution is 2.37. The summed E-state index contributed by atoms with van der Waals surface area (Å²) in [7, 11) is 0. The zero-order chi connectivity index (χ0) is 11.8. The molecule has 1 aliphatic rings. The lowest BCUT2D eigenvalue weighted by Gasteiger charge is -2.32. The quantitative estimate of drug-likeness (QED) is 0.691. The standard InChI is InChI=1S/C13H26N2/c1-8-14-9-15(11(4)5)12(10(2)3)13(14,6)7/h11H,8-9H2,1-7H3. The van der Waals surface area contributed by atoms with E-state index in [4.69, 9.17) is 0 Å². The van der Waals surface area contributed by atoms with E-state index in [0.717, 1.165) is 13.2 Å². The smallest absolute Gasteiger partial charge is 0.0715 e. The molecule has 0 unspecified atom stereocenters. The predicted octanol–water partition coefficient (Wildman–Crippen LogP) is 3.06. The molecule has 0 atom stereocenters. The minimum atomic E-state index is 0.192. The first-order chi connectivity index (χ1) is 6.82. The van der Waals surface area contributed by atoms with Crippen LogP contribution in [0.25, 0.3) is 0 Å². The summed E-state index contributed by atoms with van der Waals surface area (Å²) in [5.41, 5.74) is 3.15. The van der Waals surface area contributed by atoms with Crippen LogP contribution in [0.3, 0.4) is 0 Å². The van der Waals surface area contributed by atoms with Gasteiger partial charge in [0.05, 0.1) is 12.2 Å². The van der Waals surface area contributed by atoms with Crippen molar-refractivity contribution in [2.24, 2.45) is 0 Å². The average Bonchev–Trinajstić information content (AvgIpc) is 2.36. The van der Waals surface area contributed by atoms with Crippen LogP contribution in [0.4, 0.5) is 0 Å². The van der Waals surface area contributed by atoms with Crippen molar-refractivity contribution in [2.45, 2.75) is 60.0 Å². The van der Waals surface area contributed by atoms with E-state index in [-0.39, 0.29) is 5.54 Å². The molecule has 0 aromatic heterocycles. The molecular weight excluding hydrogens is 184 g/mol. The first-order valence-corrected chi connectivity index (χ1v) is 6.02. The van der Waals surface area contributed by atoms with E-state index < -0.39 is 0 Å². The maximum absolute atomic E-state index is 2.54. The number of rotatable bonds is 2. The molecule has 1 heterocycles. The van der Waals surface area contributed by atoms with E-state index in [1.54, 1.807) is 0 Å². The predicted molar refractivity (Wildman–Crippen MR) is 66.7 cm³/mol. The van der Waals surface area contributed by atoms with E-state index >= 15 is 0 Å². The molecule has 88 valence electrons. The highest BCUT2D eigenvalue weighted by atomic mass is 15.4. The molecule has 0 bridgehead atoms.